The Kier molecular flexibility index (Phi) is 2.48. The zero-order valence-electron chi connectivity index (χ0n) is 9.96. The standard InChI is InChI=1S/C14H12N2O2/c1-10-6-7-16(15-10)9-12(17)14-8-11-4-2-3-5-13(11)18-14/h2-8H,9H2,1H3. The normalized spacial score (nSPS) is 10.9. The van der Waals surface area contributed by atoms with Gasteiger partial charge in [0, 0.05) is 11.6 Å². The Bertz CT molecular complexity index is 676. The van der Waals surface area contributed by atoms with Crippen LogP contribution in [-0.4, -0.2) is 15.6 Å². The van der Waals surface area contributed by atoms with Gasteiger partial charge in [-0.25, -0.2) is 0 Å². The van der Waals surface area contributed by atoms with Gasteiger partial charge in [-0.3, -0.25) is 9.48 Å². The Hall–Kier alpha value is -2.36. The van der Waals surface area contributed by atoms with E-state index in [1.807, 2.05) is 37.3 Å². The Morgan fingerprint density at radius 2 is 2.17 bits per heavy atom. The van der Waals surface area contributed by atoms with E-state index in [-0.39, 0.29) is 12.3 Å². The van der Waals surface area contributed by atoms with E-state index >= 15 is 0 Å². The number of aryl methyl sites for hydroxylation is 1. The highest BCUT2D eigenvalue weighted by atomic mass is 16.3. The number of carbonyl (C=O) groups excluding carboxylic acids is 1. The van der Waals surface area contributed by atoms with Crippen LogP contribution in [0.4, 0.5) is 0 Å². The highest BCUT2D eigenvalue weighted by Gasteiger charge is 2.12. The molecule has 18 heavy (non-hydrogen) atoms. The van der Waals surface area contributed by atoms with Crippen molar-refractivity contribution in [2.45, 2.75) is 13.5 Å². The molecule has 3 rings (SSSR count). The second-order valence-electron chi connectivity index (χ2n) is 4.23. The second kappa shape index (κ2) is 4.14. The minimum Gasteiger partial charge on any atom is -0.453 e. The SMILES string of the molecule is Cc1ccn(CC(=O)c2cc3ccccc3o2)n1. The summed E-state index contributed by atoms with van der Waals surface area (Å²) < 4.78 is 7.13. The second-order valence-corrected chi connectivity index (χ2v) is 4.23. The molecule has 2 aromatic heterocycles. The van der Waals surface area contributed by atoms with Crippen molar-refractivity contribution in [1.82, 2.24) is 9.78 Å². The Balaban J connectivity index is 1.87. The largest absolute Gasteiger partial charge is 0.453 e. The minimum atomic E-state index is -0.0747. The molecule has 0 aliphatic rings. The number of ketones is 1. The van der Waals surface area contributed by atoms with Gasteiger partial charge in [0.15, 0.2) is 5.76 Å². The molecular formula is C14H12N2O2. The monoisotopic (exact) mass is 240 g/mol. The summed E-state index contributed by atoms with van der Waals surface area (Å²) in [5.74, 6) is 0.304. The Labute approximate surface area is 104 Å². The number of carbonyl (C=O) groups is 1. The predicted molar refractivity (Wildman–Crippen MR) is 67.5 cm³/mol. The molecule has 90 valence electrons. The summed E-state index contributed by atoms with van der Waals surface area (Å²) in [5.41, 5.74) is 1.63. The number of rotatable bonds is 3. The molecule has 0 atom stereocenters. The van der Waals surface area contributed by atoms with Gasteiger partial charge in [0.25, 0.3) is 0 Å². The van der Waals surface area contributed by atoms with Crippen LogP contribution < -0.4 is 0 Å². The van der Waals surface area contributed by atoms with Crippen molar-refractivity contribution in [3.05, 3.63) is 54.0 Å². The maximum absolute atomic E-state index is 12.0. The van der Waals surface area contributed by atoms with Crippen molar-refractivity contribution >= 4 is 16.8 Å². The maximum atomic E-state index is 12.0. The number of hydrogen-bond donors (Lipinski definition) is 0. The molecule has 4 nitrogen and oxygen atoms in total. The molecule has 4 heteroatoms. The first-order valence-electron chi connectivity index (χ1n) is 5.74. The van der Waals surface area contributed by atoms with E-state index in [4.69, 9.17) is 4.42 Å². The van der Waals surface area contributed by atoms with Gasteiger partial charge in [-0.15, -0.1) is 0 Å². The van der Waals surface area contributed by atoms with Crippen LogP contribution in [0.15, 0.2) is 47.0 Å². The van der Waals surface area contributed by atoms with Crippen LogP contribution in [0.5, 0.6) is 0 Å². The van der Waals surface area contributed by atoms with Gasteiger partial charge in [0.1, 0.15) is 12.1 Å². The van der Waals surface area contributed by atoms with E-state index in [1.54, 1.807) is 16.9 Å². The Morgan fingerprint density at radius 1 is 1.33 bits per heavy atom. The van der Waals surface area contributed by atoms with Gasteiger partial charge in [0.05, 0.1) is 5.69 Å². The number of para-hydroxylation sites is 1. The Morgan fingerprint density at radius 3 is 2.89 bits per heavy atom. The first kappa shape index (κ1) is 10.8. The molecule has 0 amide bonds. The number of nitrogens with zero attached hydrogens (tertiary/aromatic N) is 2. The van der Waals surface area contributed by atoms with E-state index < -0.39 is 0 Å². The zero-order chi connectivity index (χ0) is 12.5. The van der Waals surface area contributed by atoms with Crippen molar-refractivity contribution in [1.29, 1.82) is 0 Å². The number of fused-ring (bicyclic) bond motifs is 1. The lowest BCUT2D eigenvalue weighted by molar-refractivity contribution is 0.0942. The fourth-order valence-corrected chi connectivity index (χ4v) is 1.90. The molecule has 3 aromatic rings. The third kappa shape index (κ3) is 1.93. The number of furan rings is 1. The molecule has 0 spiro atoms. The van der Waals surface area contributed by atoms with Crippen LogP contribution in [0.1, 0.15) is 16.2 Å². The topological polar surface area (TPSA) is 48.0 Å². The minimum absolute atomic E-state index is 0.0747. The highest BCUT2D eigenvalue weighted by Crippen LogP contribution is 2.19. The summed E-state index contributed by atoms with van der Waals surface area (Å²) in [6.45, 7) is 2.09. The average molecular weight is 240 g/mol. The van der Waals surface area contributed by atoms with Crippen LogP contribution in [0.3, 0.4) is 0 Å². The molecule has 0 bridgehead atoms. The van der Waals surface area contributed by atoms with Gasteiger partial charge in [-0.05, 0) is 25.1 Å². The van der Waals surface area contributed by atoms with Crippen molar-refractivity contribution in [3.8, 4) is 0 Å². The molecule has 2 heterocycles. The fraction of sp³-hybridized carbons (Fsp3) is 0.143. The van der Waals surface area contributed by atoms with E-state index in [2.05, 4.69) is 5.10 Å². The summed E-state index contributed by atoms with van der Waals surface area (Å²) in [6.07, 6.45) is 1.79. The van der Waals surface area contributed by atoms with Gasteiger partial charge in [-0.1, -0.05) is 18.2 Å². The smallest absolute Gasteiger partial charge is 0.219 e. The highest BCUT2D eigenvalue weighted by molar-refractivity contribution is 5.97. The number of hydrogen-bond acceptors (Lipinski definition) is 3. The van der Waals surface area contributed by atoms with E-state index in [9.17, 15) is 4.79 Å². The number of aromatic nitrogens is 2. The summed E-state index contributed by atoms with van der Waals surface area (Å²) in [4.78, 5) is 12.0. The summed E-state index contributed by atoms with van der Waals surface area (Å²) in [6, 6.07) is 11.2. The van der Waals surface area contributed by atoms with Gasteiger partial charge < -0.3 is 4.42 Å². The first-order valence-corrected chi connectivity index (χ1v) is 5.74. The van der Waals surface area contributed by atoms with Crippen LogP contribution in [0, 0.1) is 6.92 Å². The maximum Gasteiger partial charge on any atom is 0.219 e. The van der Waals surface area contributed by atoms with Crippen LogP contribution in [-0.2, 0) is 6.54 Å². The lowest BCUT2D eigenvalue weighted by Crippen LogP contribution is -2.10. The van der Waals surface area contributed by atoms with Crippen LogP contribution in [0.2, 0.25) is 0 Å². The van der Waals surface area contributed by atoms with E-state index in [0.29, 0.717) is 5.76 Å². The number of Topliss-reactive ketones (excluding diaryl/α,β-unsaturated/α-hetero) is 1. The van der Waals surface area contributed by atoms with Crippen LogP contribution in [0.25, 0.3) is 11.0 Å². The lowest BCUT2D eigenvalue weighted by atomic mass is 10.2. The summed E-state index contributed by atoms with van der Waals surface area (Å²) >= 11 is 0. The van der Waals surface area contributed by atoms with Crippen molar-refractivity contribution in [2.75, 3.05) is 0 Å². The predicted octanol–water partition coefficient (Wildman–Crippen LogP) is 2.82. The quantitative estimate of drug-likeness (QED) is 0.661. The van der Waals surface area contributed by atoms with Gasteiger partial charge >= 0.3 is 0 Å². The molecule has 0 saturated heterocycles. The number of benzene rings is 1. The third-order valence-electron chi connectivity index (χ3n) is 2.78. The summed E-state index contributed by atoms with van der Waals surface area (Å²) in [5, 5.41) is 5.13. The molecule has 0 unspecified atom stereocenters. The molecule has 0 aliphatic heterocycles. The lowest BCUT2D eigenvalue weighted by Gasteiger charge is -1.97. The fourth-order valence-electron chi connectivity index (χ4n) is 1.90. The molecular weight excluding hydrogens is 228 g/mol. The first-order chi connectivity index (χ1) is 8.72. The molecule has 0 aliphatic carbocycles. The van der Waals surface area contributed by atoms with Crippen molar-refractivity contribution in [2.24, 2.45) is 0 Å². The molecule has 0 N–H and O–H groups in total. The molecule has 0 saturated carbocycles. The molecule has 0 radical (unpaired) electrons. The van der Waals surface area contributed by atoms with Gasteiger partial charge in [0.2, 0.25) is 5.78 Å². The third-order valence-corrected chi connectivity index (χ3v) is 2.78. The van der Waals surface area contributed by atoms with Crippen LogP contribution >= 0.6 is 0 Å². The average Bonchev–Trinajstić information content (AvgIpc) is 2.95. The van der Waals surface area contributed by atoms with E-state index in [0.717, 1.165) is 16.7 Å². The van der Waals surface area contributed by atoms with E-state index in [1.165, 1.54) is 0 Å². The van der Waals surface area contributed by atoms with Crippen molar-refractivity contribution in [3.63, 3.8) is 0 Å². The van der Waals surface area contributed by atoms with Crippen molar-refractivity contribution < 1.29 is 9.21 Å². The zero-order valence-corrected chi connectivity index (χ0v) is 9.96. The summed E-state index contributed by atoms with van der Waals surface area (Å²) in [7, 11) is 0. The van der Waals surface area contributed by atoms with Gasteiger partial charge in [-0.2, -0.15) is 5.10 Å². The molecule has 0 fully saturated rings. The molecule has 1 aromatic carbocycles.